The van der Waals surface area contributed by atoms with Crippen LogP contribution in [0.25, 0.3) is 11.1 Å². The maximum atomic E-state index is 12.3. The highest BCUT2D eigenvalue weighted by Crippen LogP contribution is 2.38. The van der Waals surface area contributed by atoms with Crippen molar-refractivity contribution in [3.8, 4) is 11.1 Å². The number of carbonyl (C=O) groups excluding carboxylic acids is 1. The van der Waals surface area contributed by atoms with Crippen LogP contribution >= 0.6 is 0 Å². The van der Waals surface area contributed by atoms with E-state index in [1.54, 1.807) is 36.9 Å². The Labute approximate surface area is 170 Å². The minimum absolute atomic E-state index is 0.0269. The maximum Gasteiger partial charge on any atom is 0.251 e. The van der Waals surface area contributed by atoms with Crippen molar-refractivity contribution < 1.29 is 4.79 Å². The van der Waals surface area contributed by atoms with Crippen LogP contribution < -0.4 is 5.32 Å². The molecule has 6 heteroatoms. The molecule has 3 heterocycles. The first-order valence-electron chi connectivity index (χ1n) is 10.1. The van der Waals surface area contributed by atoms with E-state index in [1.807, 2.05) is 25.3 Å². The monoisotopic (exact) mass is 387 g/mol. The fourth-order valence-electron chi connectivity index (χ4n) is 4.04. The van der Waals surface area contributed by atoms with Crippen molar-refractivity contribution in [1.29, 1.82) is 0 Å². The molecule has 1 amide bonds. The largest absolute Gasteiger partial charge is 0.352 e. The van der Waals surface area contributed by atoms with Crippen molar-refractivity contribution in [2.75, 3.05) is 6.54 Å². The second kappa shape index (κ2) is 8.90. The van der Waals surface area contributed by atoms with Gasteiger partial charge in [0.05, 0.1) is 5.69 Å². The Morgan fingerprint density at radius 2 is 1.66 bits per heavy atom. The van der Waals surface area contributed by atoms with E-state index in [0.29, 0.717) is 23.9 Å². The number of carbonyl (C=O) groups is 1. The molecule has 0 radical (unpaired) electrons. The van der Waals surface area contributed by atoms with Crippen molar-refractivity contribution in [3.63, 3.8) is 0 Å². The number of aryl methyl sites for hydroxylation is 1. The van der Waals surface area contributed by atoms with Gasteiger partial charge in [0.15, 0.2) is 0 Å². The van der Waals surface area contributed by atoms with E-state index in [2.05, 4.69) is 20.3 Å². The number of aromatic nitrogens is 4. The first-order valence-corrected chi connectivity index (χ1v) is 10.1. The van der Waals surface area contributed by atoms with Crippen LogP contribution in [0.3, 0.4) is 0 Å². The predicted octanol–water partition coefficient (Wildman–Crippen LogP) is 3.95. The number of rotatable bonds is 5. The molecular formula is C23H25N5O. The molecule has 1 aliphatic rings. The second-order valence-electron chi connectivity index (χ2n) is 7.62. The standard InChI is InChI=1S/C23H25N5O/c1-16-26-15-21(18-6-10-24-11-7-18)22(28-16)19-4-2-17(3-5-19)14-27-23(29)20-8-12-25-13-9-20/h6-13,15,17,19H,2-5,14H2,1H3,(H,27,29). The van der Waals surface area contributed by atoms with Crippen molar-refractivity contribution in [2.45, 2.75) is 38.5 Å². The Morgan fingerprint density at radius 3 is 2.34 bits per heavy atom. The highest BCUT2D eigenvalue weighted by atomic mass is 16.1. The zero-order chi connectivity index (χ0) is 20.1. The van der Waals surface area contributed by atoms with Crippen molar-refractivity contribution in [3.05, 3.63) is 72.3 Å². The molecule has 0 aliphatic heterocycles. The van der Waals surface area contributed by atoms with Gasteiger partial charge in [-0.05, 0) is 68.4 Å². The molecule has 0 aromatic carbocycles. The first-order chi connectivity index (χ1) is 14.2. The fraction of sp³-hybridized carbons (Fsp3) is 0.348. The van der Waals surface area contributed by atoms with Crippen LogP contribution in [0.4, 0.5) is 0 Å². The van der Waals surface area contributed by atoms with Gasteiger partial charge in [-0.3, -0.25) is 14.8 Å². The average Bonchev–Trinajstić information content (AvgIpc) is 2.79. The Balaban J connectivity index is 1.39. The molecule has 3 aromatic rings. The minimum atomic E-state index is -0.0269. The van der Waals surface area contributed by atoms with Gasteiger partial charge in [0.25, 0.3) is 5.91 Å². The molecule has 3 aromatic heterocycles. The SMILES string of the molecule is Cc1ncc(-c2ccncc2)c(C2CCC(CNC(=O)c3ccncc3)CC2)n1. The van der Waals surface area contributed by atoms with Crippen LogP contribution in [0.1, 0.15) is 53.5 Å². The molecular weight excluding hydrogens is 362 g/mol. The zero-order valence-corrected chi connectivity index (χ0v) is 16.6. The Hall–Kier alpha value is -3.15. The molecule has 0 spiro atoms. The molecule has 148 valence electrons. The van der Waals surface area contributed by atoms with Crippen LogP contribution in [0.5, 0.6) is 0 Å². The van der Waals surface area contributed by atoms with E-state index in [0.717, 1.165) is 48.3 Å². The lowest BCUT2D eigenvalue weighted by molar-refractivity contribution is 0.0942. The molecule has 0 atom stereocenters. The molecule has 1 fully saturated rings. The van der Waals surface area contributed by atoms with E-state index < -0.39 is 0 Å². The molecule has 1 aliphatic carbocycles. The molecule has 29 heavy (non-hydrogen) atoms. The van der Waals surface area contributed by atoms with E-state index in [9.17, 15) is 4.79 Å². The third kappa shape index (κ3) is 4.65. The van der Waals surface area contributed by atoms with Gasteiger partial charge in [-0.15, -0.1) is 0 Å². The summed E-state index contributed by atoms with van der Waals surface area (Å²) in [6.07, 6.45) is 13.2. The van der Waals surface area contributed by atoms with E-state index in [-0.39, 0.29) is 5.91 Å². The van der Waals surface area contributed by atoms with Gasteiger partial charge in [-0.25, -0.2) is 9.97 Å². The molecule has 1 saturated carbocycles. The average molecular weight is 387 g/mol. The minimum Gasteiger partial charge on any atom is -0.352 e. The normalized spacial score (nSPS) is 18.9. The summed E-state index contributed by atoms with van der Waals surface area (Å²) in [7, 11) is 0. The van der Waals surface area contributed by atoms with Crippen LogP contribution in [0.15, 0.2) is 55.2 Å². The lowest BCUT2D eigenvalue weighted by Crippen LogP contribution is -2.31. The summed E-state index contributed by atoms with van der Waals surface area (Å²) in [6.45, 7) is 2.66. The van der Waals surface area contributed by atoms with Gasteiger partial charge in [0, 0.05) is 54.6 Å². The van der Waals surface area contributed by atoms with E-state index >= 15 is 0 Å². The quantitative estimate of drug-likeness (QED) is 0.717. The van der Waals surface area contributed by atoms with Crippen LogP contribution in [-0.4, -0.2) is 32.4 Å². The smallest absolute Gasteiger partial charge is 0.251 e. The molecule has 0 saturated heterocycles. The van der Waals surface area contributed by atoms with Gasteiger partial charge in [0.2, 0.25) is 0 Å². The Bertz CT molecular complexity index is 954. The summed E-state index contributed by atoms with van der Waals surface area (Å²) in [5, 5.41) is 3.07. The third-order valence-electron chi connectivity index (χ3n) is 5.66. The summed E-state index contributed by atoms with van der Waals surface area (Å²) in [5.74, 6) is 1.71. The van der Waals surface area contributed by atoms with Crippen molar-refractivity contribution >= 4 is 5.91 Å². The van der Waals surface area contributed by atoms with Crippen LogP contribution in [-0.2, 0) is 0 Å². The molecule has 1 N–H and O–H groups in total. The number of amides is 1. The topological polar surface area (TPSA) is 80.7 Å². The number of nitrogens with zero attached hydrogens (tertiary/aromatic N) is 4. The summed E-state index contributed by atoms with van der Waals surface area (Å²) in [4.78, 5) is 29.6. The van der Waals surface area contributed by atoms with Gasteiger partial charge in [0.1, 0.15) is 5.82 Å². The zero-order valence-electron chi connectivity index (χ0n) is 16.6. The molecule has 4 rings (SSSR count). The van der Waals surface area contributed by atoms with Gasteiger partial charge in [-0.1, -0.05) is 0 Å². The van der Waals surface area contributed by atoms with Crippen LogP contribution in [0, 0.1) is 12.8 Å². The molecule has 6 nitrogen and oxygen atoms in total. The number of pyridine rings is 2. The van der Waals surface area contributed by atoms with Crippen molar-refractivity contribution in [1.82, 2.24) is 25.3 Å². The predicted molar refractivity (Wildman–Crippen MR) is 111 cm³/mol. The fourth-order valence-corrected chi connectivity index (χ4v) is 4.04. The van der Waals surface area contributed by atoms with Crippen LogP contribution in [0.2, 0.25) is 0 Å². The molecule has 0 bridgehead atoms. The Kier molecular flexibility index (Phi) is 5.89. The van der Waals surface area contributed by atoms with Crippen molar-refractivity contribution in [2.24, 2.45) is 5.92 Å². The first kappa shape index (κ1) is 19.2. The number of nitrogens with one attached hydrogen (secondary N) is 1. The lowest BCUT2D eigenvalue weighted by atomic mass is 9.79. The van der Waals surface area contributed by atoms with E-state index in [4.69, 9.17) is 4.98 Å². The summed E-state index contributed by atoms with van der Waals surface area (Å²) < 4.78 is 0. The van der Waals surface area contributed by atoms with Gasteiger partial charge < -0.3 is 5.32 Å². The van der Waals surface area contributed by atoms with Gasteiger partial charge in [-0.2, -0.15) is 0 Å². The summed E-state index contributed by atoms with van der Waals surface area (Å²) in [6, 6.07) is 7.50. The maximum absolute atomic E-state index is 12.3. The van der Waals surface area contributed by atoms with Gasteiger partial charge >= 0.3 is 0 Å². The lowest BCUT2D eigenvalue weighted by Gasteiger charge is -2.29. The highest BCUT2D eigenvalue weighted by molar-refractivity contribution is 5.93. The summed E-state index contributed by atoms with van der Waals surface area (Å²) in [5.41, 5.74) is 4.02. The highest BCUT2D eigenvalue weighted by Gasteiger charge is 2.26. The number of hydrogen-bond donors (Lipinski definition) is 1. The van der Waals surface area contributed by atoms with E-state index in [1.165, 1.54) is 0 Å². The summed E-state index contributed by atoms with van der Waals surface area (Å²) >= 11 is 0. The Morgan fingerprint density at radius 1 is 1.00 bits per heavy atom. The molecule has 0 unspecified atom stereocenters. The second-order valence-corrected chi connectivity index (χ2v) is 7.62. The third-order valence-corrected chi connectivity index (χ3v) is 5.66. The number of hydrogen-bond acceptors (Lipinski definition) is 5.